The lowest BCUT2D eigenvalue weighted by molar-refractivity contribution is 0.787. The first-order chi connectivity index (χ1) is 8.71. The van der Waals surface area contributed by atoms with Gasteiger partial charge in [0.05, 0.1) is 0 Å². The molecule has 0 bridgehead atoms. The molecule has 0 aromatic rings. The van der Waals surface area contributed by atoms with Crippen molar-refractivity contribution in [1.82, 2.24) is 0 Å². The maximum absolute atomic E-state index is 3.39. The van der Waals surface area contributed by atoms with Crippen molar-refractivity contribution in [1.29, 1.82) is 0 Å². The Kier molecular flexibility index (Phi) is 10.2. The fraction of sp³-hybridized carbons (Fsp3) is 0.733. The summed E-state index contributed by atoms with van der Waals surface area (Å²) in [5.74, 6) is 2.37. The van der Waals surface area contributed by atoms with E-state index in [-0.39, 0.29) is 0 Å². The predicted molar refractivity (Wildman–Crippen MR) is 101 cm³/mol. The van der Waals surface area contributed by atoms with Gasteiger partial charge in [0.1, 0.15) is 16.1 Å². The average Bonchev–Trinajstić information content (AvgIpc) is 2.22. The predicted octanol–water partition coefficient (Wildman–Crippen LogP) is 5.30. The standard InChI is InChI=1S/C15H28S2Si2/c1-18(2,3)14-12-16-10-8-7-9-11-17-13-15-19(4,5)6/h7-11H2,1-6H3. The molecule has 19 heavy (non-hydrogen) atoms. The molecule has 0 aliphatic carbocycles. The van der Waals surface area contributed by atoms with E-state index in [4.69, 9.17) is 0 Å². The fourth-order valence-corrected chi connectivity index (χ4v) is 4.93. The normalized spacial score (nSPS) is 11.3. The quantitative estimate of drug-likeness (QED) is 0.368. The van der Waals surface area contributed by atoms with Gasteiger partial charge in [-0.15, -0.1) is 11.1 Å². The van der Waals surface area contributed by atoms with Crippen molar-refractivity contribution < 1.29 is 0 Å². The Morgan fingerprint density at radius 1 is 0.632 bits per heavy atom. The van der Waals surface area contributed by atoms with Crippen molar-refractivity contribution in [3.8, 4) is 21.6 Å². The Hall–Kier alpha value is 0.254. The summed E-state index contributed by atoms with van der Waals surface area (Å²) in [5.41, 5.74) is 6.78. The first kappa shape index (κ1) is 19.3. The van der Waals surface area contributed by atoms with Gasteiger partial charge in [0.15, 0.2) is 0 Å². The van der Waals surface area contributed by atoms with Crippen molar-refractivity contribution in [3.05, 3.63) is 0 Å². The van der Waals surface area contributed by atoms with Crippen LogP contribution in [0.5, 0.6) is 0 Å². The van der Waals surface area contributed by atoms with E-state index in [1.807, 2.05) is 0 Å². The van der Waals surface area contributed by atoms with E-state index in [1.54, 1.807) is 23.5 Å². The minimum Gasteiger partial charge on any atom is -0.120 e. The molecule has 0 nitrogen and oxygen atoms in total. The van der Waals surface area contributed by atoms with Gasteiger partial charge in [-0.2, -0.15) is 0 Å². The molecular formula is C15H28S2Si2. The number of unbranched alkanes of at least 4 members (excludes halogenated alkanes) is 2. The van der Waals surface area contributed by atoms with Crippen LogP contribution in [0, 0.1) is 21.6 Å². The molecule has 0 saturated carbocycles. The topological polar surface area (TPSA) is 0 Å². The zero-order chi connectivity index (χ0) is 14.8. The zero-order valence-corrected chi connectivity index (χ0v) is 17.0. The second-order valence-electron chi connectivity index (χ2n) is 6.71. The van der Waals surface area contributed by atoms with Gasteiger partial charge in [-0.1, -0.05) is 69.2 Å². The third kappa shape index (κ3) is 18.3. The molecule has 0 radical (unpaired) electrons. The van der Waals surface area contributed by atoms with E-state index in [2.05, 4.69) is 60.9 Å². The first-order valence-corrected chi connectivity index (χ1v) is 16.0. The Morgan fingerprint density at radius 2 is 1.00 bits per heavy atom. The molecule has 0 unspecified atom stereocenters. The maximum Gasteiger partial charge on any atom is 0.130 e. The van der Waals surface area contributed by atoms with E-state index in [0.29, 0.717) is 0 Å². The Labute approximate surface area is 131 Å². The van der Waals surface area contributed by atoms with E-state index in [1.165, 1.54) is 30.8 Å². The molecular weight excluding hydrogens is 300 g/mol. The second-order valence-corrected chi connectivity index (χ2v) is 18.0. The van der Waals surface area contributed by atoms with E-state index < -0.39 is 16.1 Å². The maximum atomic E-state index is 3.39. The smallest absolute Gasteiger partial charge is 0.120 e. The molecule has 0 atom stereocenters. The molecule has 0 spiro atoms. The van der Waals surface area contributed by atoms with Gasteiger partial charge in [-0.05, 0) is 23.3 Å². The molecule has 0 aromatic carbocycles. The molecule has 0 amide bonds. The van der Waals surface area contributed by atoms with Crippen molar-refractivity contribution in [3.63, 3.8) is 0 Å². The second kappa shape index (κ2) is 10.0. The molecule has 0 fully saturated rings. The molecule has 0 heterocycles. The SMILES string of the molecule is C[Si](C)(C)C#CSCCCCCSC#C[Si](C)(C)C. The average molecular weight is 329 g/mol. The van der Waals surface area contributed by atoms with Crippen LogP contribution in [0.3, 0.4) is 0 Å². The molecule has 108 valence electrons. The monoisotopic (exact) mass is 328 g/mol. The van der Waals surface area contributed by atoms with E-state index in [0.717, 1.165) is 0 Å². The summed E-state index contributed by atoms with van der Waals surface area (Å²) >= 11 is 3.59. The third-order valence-corrected chi connectivity index (χ3v) is 5.58. The van der Waals surface area contributed by atoms with Gasteiger partial charge < -0.3 is 0 Å². The lowest BCUT2D eigenvalue weighted by Gasteiger charge is -2.03. The Bertz CT molecular complexity index is 320. The van der Waals surface area contributed by atoms with Gasteiger partial charge in [0.25, 0.3) is 0 Å². The van der Waals surface area contributed by atoms with Gasteiger partial charge in [0, 0.05) is 11.5 Å². The summed E-state index contributed by atoms with van der Waals surface area (Å²) < 4.78 is 0. The summed E-state index contributed by atoms with van der Waals surface area (Å²) in [7, 11) is -2.32. The van der Waals surface area contributed by atoms with Crippen LogP contribution in [-0.2, 0) is 0 Å². The van der Waals surface area contributed by atoms with Gasteiger partial charge in [-0.3, -0.25) is 0 Å². The van der Waals surface area contributed by atoms with Crippen molar-refractivity contribution >= 4 is 39.7 Å². The fourth-order valence-electron chi connectivity index (χ4n) is 1.01. The van der Waals surface area contributed by atoms with Crippen LogP contribution in [0.25, 0.3) is 0 Å². The lowest BCUT2D eigenvalue weighted by Crippen LogP contribution is -2.16. The van der Waals surface area contributed by atoms with Gasteiger partial charge in [-0.25, -0.2) is 0 Å². The highest BCUT2D eigenvalue weighted by Crippen LogP contribution is 2.09. The number of hydrogen-bond donors (Lipinski definition) is 0. The van der Waals surface area contributed by atoms with Crippen LogP contribution >= 0.6 is 23.5 Å². The summed E-state index contributed by atoms with van der Waals surface area (Å²) in [6.45, 7) is 13.7. The molecule has 0 rings (SSSR count). The van der Waals surface area contributed by atoms with Crippen molar-refractivity contribution in [2.45, 2.75) is 58.5 Å². The number of hydrogen-bond acceptors (Lipinski definition) is 2. The Balaban J connectivity index is 3.41. The third-order valence-electron chi connectivity index (χ3n) is 1.99. The van der Waals surface area contributed by atoms with Crippen molar-refractivity contribution in [2.75, 3.05) is 11.5 Å². The molecule has 0 N–H and O–H groups in total. The lowest BCUT2D eigenvalue weighted by atomic mass is 10.3. The highest BCUT2D eigenvalue weighted by Gasteiger charge is 2.07. The molecule has 0 aliphatic heterocycles. The van der Waals surface area contributed by atoms with Crippen LogP contribution < -0.4 is 0 Å². The number of thioether (sulfide) groups is 2. The highest BCUT2D eigenvalue weighted by atomic mass is 32.2. The minimum absolute atomic E-state index is 1.16. The van der Waals surface area contributed by atoms with Crippen LogP contribution in [0.1, 0.15) is 19.3 Å². The van der Waals surface area contributed by atoms with E-state index in [9.17, 15) is 0 Å². The first-order valence-electron chi connectivity index (χ1n) is 6.99. The van der Waals surface area contributed by atoms with Crippen molar-refractivity contribution in [2.24, 2.45) is 0 Å². The van der Waals surface area contributed by atoms with Crippen LogP contribution in [0.15, 0.2) is 0 Å². The molecule has 0 aliphatic rings. The molecule has 0 aromatic heterocycles. The van der Waals surface area contributed by atoms with Gasteiger partial charge in [0.2, 0.25) is 0 Å². The zero-order valence-electron chi connectivity index (χ0n) is 13.4. The van der Waals surface area contributed by atoms with E-state index >= 15 is 0 Å². The van der Waals surface area contributed by atoms with Gasteiger partial charge >= 0.3 is 0 Å². The molecule has 4 heteroatoms. The summed E-state index contributed by atoms with van der Waals surface area (Å²) in [4.78, 5) is 0. The molecule has 0 saturated heterocycles. The summed E-state index contributed by atoms with van der Waals surface area (Å²) in [6, 6.07) is 0. The van der Waals surface area contributed by atoms with Crippen LogP contribution in [0.2, 0.25) is 39.3 Å². The largest absolute Gasteiger partial charge is 0.130 e. The minimum atomic E-state index is -1.16. The van der Waals surface area contributed by atoms with Crippen LogP contribution in [-0.4, -0.2) is 27.7 Å². The number of rotatable bonds is 6. The summed E-state index contributed by atoms with van der Waals surface area (Å²) in [5, 5.41) is 6.52. The van der Waals surface area contributed by atoms with Crippen LogP contribution in [0.4, 0.5) is 0 Å². The highest BCUT2D eigenvalue weighted by molar-refractivity contribution is 8.04. The summed E-state index contributed by atoms with van der Waals surface area (Å²) in [6.07, 6.45) is 3.88. The Morgan fingerprint density at radius 3 is 1.32 bits per heavy atom.